The highest BCUT2D eigenvalue weighted by molar-refractivity contribution is 6.34. The highest BCUT2D eigenvalue weighted by atomic mass is 35.5. The molecule has 1 saturated heterocycles. The van der Waals surface area contributed by atoms with Gasteiger partial charge in [-0.1, -0.05) is 110 Å². The molecular weight excluding hydrogens is 556 g/mol. The van der Waals surface area contributed by atoms with Crippen molar-refractivity contribution in [3.8, 4) is 0 Å². The molecule has 1 N–H and O–H groups in total. The van der Waals surface area contributed by atoms with Crippen LogP contribution in [0.1, 0.15) is 51.3 Å². The molecule has 1 amide bonds. The van der Waals surface area contributed by atoms with Crippen molar-refractivity contribution in [2.45, 2.75) is 37.8 Å². The number of halogens is 1. The number of carbonyl (C=O) groups excluding carboxylic acids is 3. The Balaban J connectivity index is 1.49. The van der Waals surface area contributed by atoms with Gasteiger partial charge in [-0.25, -0.2) is 0 Å². The molecule has 214 valence electrons. The second-order valence-electron chi connectivity index (χ2n) is 12.1. The van der Waals surface area contributed by atoms with Crippen molar-refractivity contribution in [3.05, 3.63) is 136 Å². The van der Waals surface area contributed by atoms with Crippen LogP contribution in [0.2, 0.25) is 5.02 Å². The van der Waals surface area contributed by atoms with E-state index in [1.54, 1.807) is 24.3 Å². The summed E-state index contributed by atoms with van der Waals surface area (Å²) in [4.78, 5) is 46.2. The predicted molar refractivity (Wildman–Crippen MR) is 171 cm³/mol. The van der Waals surface area contributed by atoms with Crippen LogP contribution in [0.4, 0.5) is 11.4 Å². The van der Waals surface area contributed by atoms with Crippen molar-refractivity contribution in [2.24, 2.45) is 11.8 Å². The summed E-state index contributed by atoms with van der Waals surface area (Å²) < 4.78 is 0. The summed E-state index contributed by atoms with van der Waals surface area (Å²) in [5.74, 6) is -1.37. The van der Waals surface area contributed by atoms with Gasteiger partial charge in [-0.05, 0) is 53.3 Å². The summed E-state index contributed by atoms with van der Waals surface area (Å²) in [7, 11) is 0. The number of para-hydroxylation sites is 2. The quantitative estimate of drug-likeness (QED) is 0.239. The van der Waals surface area contributed by atoms with Crippen LogP contribution in [0, 0.1) is 11.8 Å². The third-order valence-corrected chi connectivity index (χ3v) is 9.44. The Morgan fingerprint density at radius 2 is 1.58 bits per heavy atom. The van der Waals surface area contributed by atoms with Crippen LogP contribution in [0.3, 0.4) is 0 Å². The van der Waals surface area contributed by atoms with Crippen LogP contribution in [0.25, 0.3) is 6.08 Å². The molecule has 43 heavy (non-hydrogen) atoms. The summed E-state index contributed by atoms with van der Waals surface area (Å²) in [6.45, 7) is 4.31. The van der Waals surface area contributed by atoms with Crippen molar-refractivity contribution in [1.82, 2.24) is 0 Å². The minimum absolute atomic E-state index is 0.242. The number of carbonyl (C=O) groups is 3. The Morgan fingerprint density at radius 1 is 0.884 bits per heavy atom. The van der Waals surface area contributed by atoms with Crippen LogP contribution in [-0.2, 0) is 16.6 Å². The SMILES string of the molecule is CC(C)Cc1ccc(C(=O)[C@@H]2[C@@H](C(=O)c3ccccc3Cl)N3c4ccccc4C=C[C@@H]3[C@]23C(=O)Nc2ccccc23)cc1. The number of nitrogens with zero attached hydrogens (tertiary/aromatic N) is 1. The lowest BCUT2D eigenvalue weighted by Gasteiger charge is -2.37. The molecule has 3 aliphatic heterocycles. The fourth-order valence-electron chi connectivity index (χ4n) is 7.40. The Bertz CT molecular complexity index is 1810. The van der Waals surface area contributed by atoms with E-state index in [1.165, 1.54) is 0 Å². The first-order valence-electron chi connectivity index (χ1n) is 14.7. The number of ketones is 2. The lowest BCUT2D eigenvalue weighted by Crippen LogP contribution is -2.51. The number of amides is 1. The molecule has 3 aliphatic rings. The molecule has 4 aromatic carbocycles. The van der Waals surface area contributed by atoms with Crippen molar-refractivity contribution in [3.63, 3.8) is 0 Å². The minimum Gasteiger partial charge on any atom is -0.352 e. The van der Waals surface area contributed by atoms with Crippen molar-refractivity contribution < 1.29 is 14.4 Å². The molecule has 1 spiro atoms. The van der Waals surface area contributed by atoms with Crippen LogP contribution < -0.4 is 10.2 Å². The van der Waals surface area contributed by atoms with Gasteiger partial charge in [-0.2, -0.15) is 0 Å². The predicted octanol–water partition coefficient (Wildman–Crippen LogP) is 7.39. The molecule has 4 atom stereocenters. The average Bonchev–Trinajstić information content (AvgIpc) is 3.49. The normalized spacial score (nSPS) is 23.2. The van der Waals surface area contributed by atoms with Crippen molar-refractivity contribution in [2.75, 3.05) is 10.2 Å². The standard InChI is InChI=1S/C37H31ClN2O3/c1-22(2)21-23-15-17-25(18-16-23)34(41)32-33(35(42)26-10-4-6-12-28(26)38)40-30-14-8-3-9-24(30)19-20-31(40)37(32)27-11-5-7-13-29(27)39-36(37)43/h3-20,22,31-33H,21H2,1-2H3,(H,39,43)/t31-,32+,33+,37+/m1/s1. The lowest BCUT2D eigenvalue weighted by molar-refractivity contribution is -0.121. The second kappa shape index (κ2) is 10.4. The molecule has 5 nitrogen and oxygen atoms in total. The number of Topliss-reactive ketones (excluding diaryl/α,β-unsaturated/α-hetero) is 2. The number of hydrogen-bond donors (Lipinski definition) is 1. The Kier molecular flexibility index (Phi) is 6.59. The highest BCUT2D eigenvalue weighted by Gasteiger charge is 2.70. The zero-order valence-corrected chi connectivity index (χ0v) is 24.7. The van der Waals surface area contributed by atoms with Gasteiger partial charge in [0.25, 0.3) is 0 Å². The third kappa shape index (κ3) is 4.09. The van der Waals surface area contributed by atoms with E-state index in [-0.39, 0.29) is 17.5 Å². The van der Waals surface area contributed by atoms with E-state index in [9.17, 15) is 14.4 Å². The molecule has 0 aliphatic carbocycles. The number of rotatable bonds is 6. The van der Waals surface area contributed by atoms with Gasteiger partial charge in [0.2, 0.25) is 5.91 Å². The van der Waals surface area contributed by atoms with E-state index in [0.717, 1.165) is 28.8 Å². The maximum Gasteiger partial charge on any atom is 0.238 e. The van der Waals surface area contributed by atoms with E-state index < -0.39 is 23.4 Å². The average molecular weight is 587 g/mol. The number of anilines is 2. The summed E-state index contributed by atoms with van der Waals surface area (Å²) >= 11 is 6.62. The van der Waals surface area contributed by atoms with Gasteiger partial charge in [0.15, 0.2) is 11.6 Å². The highest BCUT2D eigenvalue weighted by Crippen LogP contribution is 2.58. The number of hydrogen-bond acceptors (Lipinski definition) is 4. The number of fused-ring (bicyclic) bond motifs is 6. The number of nitrogens with one attached hydrogen (secondary N) is 1. The van der Waals surface area contributed by atoms with E-state index in [2.05, 4.69) is 19.2 Å². The maximum absolute atomic E-state index is 15.0. The second-order valence-corrected chi connectivity index (χ2v) is 12.5. The molecule has 0 unspecified atom stereocenters. The van der Waals surface area contributed by atoms with Gasteiger partial charge in [0.1, 0.15) is 11.5 Å². The van der Waals surface area contributed by atoms with Crippen LogP contribution in [-0.4, -0.2) is 29.6 Å². The Morgan fingerprint density at radius 3 is 2.35 bits per heavy atom. The van der Waals surface area contributed by atoms with Crippen molar-refractivity contribution in [1.29, 1.82) is 0 Å². The molecule has 3 heterocycles. The van der Waals surface area contributed by atoms with Gasteiger partial charge < -0.3 is 10.2 Å². The fraction of sp³-hybridized carbons (Fsp3) is 0.216. The van der Waals surface area contributed by atoms with E-state index in [4.69, 9.17) is 11.6 Å². The van der Waals surface area contributed by atoms with Crippen LogP contribution in [0.15, 0.2) is 103 Å². The smallest absolute Gasteiger partial charge is 0.238 e. The van der Waals surface area contributed by atoms with E-state index in [0.29, 0.717) is 27.8 Å². The Hall–Kier alpha value is -4.48. The van der Waals surface area contributed by atoms with Crippen LogP contribution in [0.5, 0.6) is 0 Å². The van der Waals surface area contributed by atoms with Gasteiger partial charge in [0.05, 0.1) is 17.0 Å². The topological polar surface area (TPSA) is 66.5 Å². The molecule has 1 fully saturated rings. The van der Waals surface area contributed by atoms with Crippen LogP contribution >= 0.6 is 11.6 Å². The summed E-state index contributed by atoms with van der Waals surface area (Å²) in [6, 6.07) is 28.3. The first kappa shape index (κ1) is 27.4. The molecular formula is C37H31ClN2O3. The first-order valence-corrected chi connectivity index (χ1v) is 15.1. The molecule has 0 saturated carbocycles. The number of benzene rings is 4. The Labute approximate surface area is 256 Å². The summed E-state index contributed by atoms with van der Waals surface area (Å²) in [5.41, 5.74) is 3.70. The van der Waals surface area contributed by atoms with E-state index >= 15 is 0 Å². The van der Waals surface area contributed by atoms with Gasteiger partial charge in [-0.3, -0.25) is 14.4 Å². The molecule has 4 aromatic rings. The molecule has 6 heteroatoms. The zero-order valence-electron chi connectivity index (χ0n) is 24.0. The first-order chi connectivity index (χ1) is 20.8. The molecule has 7 rings (SSSR count). The zero-order chi connectivity index (χ0) is 29.9. The largest absolute Gasteiger partial charge is 0.352 e. The third-order valence-electron chi connectivity index (χ3n) is 9.11. The van der Waals surface area contributed by atoms with Gasteiger partial charge in [0, 0.05) is 22.5 Å². The molecule has 0 radical (unpaired) electrons. The minimum atomic E-state index is -1.35. The summed E-state index contributed by atoms with van der Waals surface area (Å²) in [5, 5.41) is 3.39. The van der Waals surface area contributed by atoms with Crippen molar-refractivity contribution >= 4 is 46.5 Å². The molecule has 0 aromatic heterocycles. The summed E-state index contributed by atoms with van der Waals surface area (Å²) in [6.07, 6.45) is 4.87. The molecule has 0 bridgehead atoms. The maximum atomic E-state index is 15.0. The fourth-order valence-corrected chi connectivity index (χ4v) is 7.63. The monoisotopic (exact) mass is 586 g/mol. The van der Waals surface area contributed by atoms with Gasteiger partial charge in [-0.15, -0.1) is 0 Å². The van der Waals surface area contributed by atoms with Gasteiger partial charge >= 0.3 is 0 Å². The lowest BCUT2D eigenvalue weighted by atomic mass is 9.64. The van der Waals surface area contributed by atoms with E-state index in [1.807, 2.05) is 89.8 Å².